The van der Waals surface area contributed by atoms with Gasteiger partial charge in [0.1, 0.15) is 5.75 Å². The number of aromatic hydroxyl groups is 1. The molecular weight excluding hydrogens is 280 g/mol. The highest BCUT2D eigenvalue weighted by Gasteiger charge is 2.16. The standard InChI is InChI=1S/C17H18N2O3/c20-16-12-14(19-8-10-22-11-9-19)6-7-15(16)17(21)18-13-4-2-1-3-5-13/h1-7,12,20H,8-11H2,(H,18,21). The molecule has 0 saturated carbocycles. The van der Waals surface area contributed by atoms with Gasteiger partial charge in [0, 0.05) is 30.5 Å². The highest BCUT2D eigenvalue weighted by atomic mass is 16.5. The Hall–Kier alpha value is -2.53. The zero-order chi connectivity index (χ0) is 15.4. The van der Waals surface area contributed by atoms with Gasteiger partial charge in [0.05, 0.1) is 18.8 Å². The smallest absolute Gasteiger partial charge is 0.259 e. The molecule has 2 aromatic carbocycles. The van der Waals surface area contributed by atoms with Crippen LogP contribution in [0.3, 0.4) is 0 Å². The van der Waals surface area contributed by atoms with Gasteiger partial charge >= 0.3 is 0 Å². The minimum atomic E-state index is -0.322. The quantitative estimate of drug-likeness (QED) is 0.914. The van der Waals surface area contributed by atoms with Crippen LogP contribution in [0.2, 0.25) is 0 Å². The molecule has 3 rings (SSSR count). The first kappa shape index (κ1) is 14.4. The van der Waals surface area contributed by atoms with Gasteiger partial charge in [-0.1, -0.05) is 18.2 Å². The molecule has 1 amide bonds. The predicted molar refractivity (Wildman–Crippen MR) is 85.5 cm³/mol. The molecule has 1 aliphatic heterocycles. The maximum absolute atomic E-state index is 12.2. The fraction of sp³-hybridized carbons (Fsp3) is 0.235. The van der Waals surface area contributed by atoms with Crippen molar-refractivity contribution in [3.63, 3.8) is 0 Å². The molecule has 0 atom stereocenters. The van der Waals surface area contributed by atoms with Crippen LogP contribution in [0, 0.1) is 0 Å². The van der Waals surface area contributed by atoms with Crippen molar-refractivity contribution in [2.24, 2.45) is 0 Å². The van der Waals surface area contributed by atoms with E-state index in [2.05, 4.69) is 10.2 Å². The van der Waals surface area contributed by atoms with Crippen molar-refractivity contribution in [1.82, 2.24) is 0 Å². The Labute approximate surface area is 129 Å². The highest BCUT2D eigenvalue weighted by molar-refractivity contribution is 6.06. The number of nitrogens with one attached hydrogen (secondary N) is 1. The van der Waals surface area contributed by atoms with Crippen LogP contribution in [-0.4, -0.2) is 37.3 Å². The van der Waals surface area contributed by atoms with Crippen LogP contribution in [0.15, 0.2) is 48.5 Å². The summed E-state index contributed by atoms with van der Waals surface area (Å²) in [7, 11) is 0. The van der Waals surface area contributed by atoms with Crippen molar-refractivity contribution in [2.75, 3.05) is 36.5 Å². The monoisotopic (exact) mass is 298 g/mol. The lowest BCUT2D eigenvalue weighted by molar-refractivity contribution is 0.102. The van der Waals surface area contributed by atoms with Gasteiger partial charge in [0.2, 0.25) is 0 Å². The van der Waals surface area contributed by atoms with Crippen LogP contribution >= 0.6 is 0 Å². The number of rotatable bonds is 3. The van der Waals surface area contributed by atoms with Gasteiger partial charge in [0.15, 0.2) is 0 Å². The molecule has 22 heavy (non-hydrogen) atoms. The number of phenolic OH excluding ortho intramolecular Hbond substituents is 1. The lowest BCUT2D eigenvalue weighted by Gasteiger charge is -2.29. The van der Waals surface area contributed by atoms with Gasteiger partial charge in [-0.2, -0.15) is 0 Å². The molecule has 114 valence electrons. The number of benzene rings is 2. The van der Waals surface area contributed by atoms with E-state index in [4.69, 9.17) is 4.74 Å². The summed E-state index contributed by atoms with van der Waals surface area (Å²) in [4.78, 5) is 14.3. The number of phenols is 1. The van der Waals surface area contributed by atoms with E-state index >= 15 is 0 Å². The average Bonchev–Trinajstić information content (AvgIpc) is 2.56. The second-order valence-corrected chi connectivity index (χ2v) is 5.12. The molecule has 0 aliphatic carbocycles. The summed E-state index contributed by atoms with van der Waals surface area (Å²) in [5.41, 5.74) is 1.86. The summed E-state index contributed by atoms with van der Waals surface area (Å²) in [5, 5.41) is 12.9. The molecule has 1 heterocycles. The van der Waals surface area contributed by atoms with E-state index in [0.717, 1.165) is 18.8 Å². The molecule has 2 aromatic rings. The fourth-order valence-electron chi connectivity index (χ4n) is 2.45. The Morgan fingerprint density at radius 3 is 2.50 bits per heavy atom. The van der Waals surface area contributed by atoms with Gasteiger partial charge in [-0.15, -0.1) is 0 Å². The van der Waals surface area contributed by atoms with Gasteiger partial charge < -0.3 is 20.1 Å². The minimum Gasteiger partial charge on any atom is -0.507 e. The third-order valence-electron chi connectivity index (χ3n) is 3.63. The predicted octanol–water partition coefficient (Wildman–Crippen LogP) is 2.48. The number of nitrogens with zero attached hydrogens (tertiary/aromatic N) is 1. The van der Waals surface area contributed by atoms with Gasteiger partial charge in [-0.05, 0) is 24.3 Å². The largest absolute Gasteiger partial charge is 0.507 e. The number of para-hydroxylation sites is 1. The number of anilines is 2. The SMILES string of the molecule is O=C(Nc1ccccc1)c1ccc(N2CCOCC2)cc1O. The van der Waals surface area contributed by atoms with Gasteiger partial charge in [-0.25, -0.2) is 0 Å². The summed E-state index contributed by atoms with van der Waals surface area (Å²) < 4.78 is 5.31. The number of morpholine rings is 1. The van der Waals surface area contributed by atoms with Crippen molar-refractivity contribution < 1.29 is 14.6 Å². The zero-order valence-electron chi connectivity index (χ0n) is 12.2. The topological polar surface area (TPSA) is 61.8 Å². The summed E-state index contributed by atoms with van der Waals surface area (Å²) in [6.45, 7) is 2.93. The molecule has 1 fully saturated rings. The molecule has 2 N–H and O–H groups in total. The summed E-state index contributed by atoms with van der Waals surface area (Å²) in [6, 6.07) is 14.3. The van der Waals surface area contributed by atoms with E-state index in [1.807, 2.05) is 24.3 Å². The third kappa shape index (κ3) is 3.20. The van der Waals surface area contributed by atoms with Crippen molar-refractivity contribution in [1.29, 1.82) is 0 Å². The van der Waals surface area contributed by atoms with Crippen LogP contribution in [0.5, 0.6) is 5.75 Å². The van der Waals surface area contributed by atoms with Gasteiger partial charge in [-0.3, -0.25) is 4.79 Å². The Bertz CT molecular complexity index is 652. The molecule has 0 radical (unpaired) electrons. The molecule has 0 spiro atoms. The van der Waals surface area contributed by atoms with Crippen LogP contribution in [0.1, 0.15) is 10.4 Å². The first-order valence-electron chi connectivity index (χ1n) is 7.26. The van der Waals surface area contributed by atoms with Gasteiger partial charge in [0.25, 0.3) is 5.91 Å². The van der Waals surface area contributed by atoms with E-state index < -0.39 is 0 Å². The van der Waals surface area contributed by atoms with E-state index in [1.54, 1.807) is 24.3 Å². The van der Waals surface area contributed by atoms with Crippen LogP contribution in [0.4, 0.5) is 11.4 Å². The Kier molecular flexibility index (Phi) is 4.25. The highest BCUT2D eigenvalue weighted by Crippen LogP contribution is 2.26. The van der Waals surface area contributed by atoms with Crippen molar-refractivity contribution in [3.05, 3.63) is 54.1 Å². The lowest BCUT2D eigenvalue weighted by Crippen LogP contribution is -2.36. The molecule has 0 bridgehead atoms. The van der Waals surface area contributed by atoms with Crippen molar-refractivity contribution in [2.45, 2.75) is 0 Å². The summed E-state index contributed by atoms with van der Waals surface area (Å²) >= 11 is 0. The maximum atomic E-state index is 12.2. The second-order valence-electron chi connectivity index (χ2n) is 5.12. The molecule has 1 aliphatic rings. The normalized spacial score (nSPS) is 14.6. The number of amides is 1. The van der Waals surface area contributed by atoms with Crippen LogP contribution < -0.4 is 10.2 Å². The molecular formula is C17H18N2O3. The zero-order valence-corrected chi connectivity index (χ0v) is 12.2. The molecule has 5 heteroatoms. The second kappa shape index (κ2) is 6.49. The summed E-state index contributed by atoms with van der Waals surface area (Å²) in [6.07, 6.45) is 0. The minimum absolute atomic E-state index is 0.0163. The molecule has 5 nitrogen and oxygen atoms in total. The maximum Gasteiger partial charge on any atom is 0.259 e. The summed E-state index contributed by atoms with van der Waals surface area (Å²) in [5.74, 6) is -0.338. The Morgan fingerprint density at radius 1 is 1.09 bits per heavy atom. The van der Waals surface area contributed by atoms with E-state index in [0.29, 0.717) is 18.9 Å². The molecule has 0 unspecified atom stereocenters. The van der Waals surface area contributed by atoms with Crippen molar-refractivity contribution in [3.8, 4) is 5.75 Å². The Morgan fingerprint density at radius 2 is 1.82 bits per heavy atom. The molecule has 0 aromatic heterocycles. The van der Waals surface area contributed by atoms with Crippen LogP contribution in [0.25, 0.3) is 0 Å². The van der Waals surface area contributed by atoms with E-state index in [9.17, 15) is 9.90 Å². The first-order chi connectivity index (χ1) is 10.7. The van der Waals surface area contributed by atoms with E-state index in [1.165, 1.54) is 0 Å². The number of carbonyl (C=O) groups is 1. The molecule has 1 saturated heterocycles. The number of hydrogen-bond donors (Lipinski definition) is 2. The average molecular weight is 298 g/mol. The van der Waals surface area contributed by atoms with Crippen LogP contribution in [-0.2, 0) is 4.74 Å². The fourth-order valence-corrected chi connectivity index (χ4v) is 2.45. The lowest BCUT2D eigenvalue weighted by atomic mass is 10.1. The first-order valence-corrected chi connectivity index (χ1v) is 7.26. The van der Waals surface area contributed by atoms with E-state index in [-0.39, 0.29) is 17.2 Å². The Balaban J connectivity index is 1.75. The third-order valence-corrected chi connectivity index (χ3v) is 3.63. The number of ether oxygens (including phenoxy) is 1. The number of hydrogen-bond acceptors (Lipinski definition) is 4. The van der Waals surface area contributed by atoms with Crippen molar-refractivity contribution >= 4 is 17.3 Å². The number of carbonyl (C=O) groups excluding carboxylic acids is 1.